The van der Waals surface area contributed by atoms with Crippen LogP contribution >= 0.6 is 0 Å². The molecule has 1 saturated carbocycles. The van der Waals surface area contributed by atoms with Gasteiger partial charge in [-0.3, -0.25) is 9.78 Å². The first-order valence-electron chi connectivity index (χ1n) is 7.47. The number of rotatable bonds is 5. The average Bonchev–Trinajstić information content (AvgIpc) is 3.41. The monoisotopic (exact) mass is 307 g/mol. The summed E-state index contributed by atoms with van der Waals surface area (Å²) in [7, 11) is 1.55. The Bertz CT molecular complexity index is 739. The number of pyridine rings is 1. The molecule has 0 radical (unpaired) electrons. The van der Waals surface area contributed by atoms with E-state index < -0.39 is 6.04 Å². The lowest BCUT2D eigenvalue weighted by Gasteiger charge is -2.15. The average molecular weight is 307 g/mol. The van der Waals surface area contributed by atoms with Crippen LogP contribution in [0.15, 0.2) is 48.8 Å². The second kappa shape index (κ2) is 6.49. The van der Waals surface area contributed by atoms with Crippen LogP contribution in [-0.4, -0.2) is 18.0 Å². The maximum Gasteiger partial charge on any atom is 0.225 e. The van der Waals surface area contributed by atoms with Gasteiger partial charge in [-0.2, -0.15) is 5.26 Å². The van der Waals surface area contributed by atoms with Crippen molar-refractivity contribution in [2.45, 2.75) is 18.4 Å². The Labute approximate surface area is 134 Å². The van der Waals surface area contributed by atoms with Gasteiger partial charge in [-0.15, -0.1) is 0 Å². The number of benzene rings is 1. The second-order valence-electron chi connectivity index (χ2n) is 5.55. The summed E-state index contributed by atoms with van der Waals surface area (Å²) in [6.45, 7) is 0. The van der Waals surface area contributed by atoms with Crippen molar-refractivity contribution in [3.05, 3.63) is 59.9 Å². The lowest BCUT2D eigenvalue weighted by molar-refractivity contribution is -0.122. The first-order valence-corrected chi connectivity index (χ1v) is 7.47. The molecule has 116 valence electrons. The van der Waals surface area contributed by atoms with Gasteiger partial charge < -0.3 is 10.1 Å². The predicted molar refractivity (Wildman–Crippen MR) is 84.6 cm³/mol. The van der Waals surface area contributed by atoms with Crippen LogP contribution in [0, 0.1) is 17.2 Å². The van der Waals surface area contributed by atoms with Crippen LogP contribution in [0.1, 0.15) is 29.5 Å². The largest absolute Gasteiger partial charge is 0.496 e. The zero-order valence-electron chi connectivity index (χ0n) is 12.8. The van der Waals surface area contributed by atoms with E-state index >= 15 is 0 Å². The summed E-state index contributed by atoms with van der Waals surface area (Å²) in [5, 5.41) is 12.2. The molecule has 0 spiro atoms. The summed E-state index contributed by atoms with van der Waals surface area (Å²) in [6, 6.07) is 12.5. The molecule has 1 aromatic heterocycles. The molecular weight excluding hydrogens is 290 g/mol. The highest BCUT2D eigenvalue weighted by Gasteiger charge is 2.44. The molecule has 0 aliphatic heterocycles. The zero-order chi connectivity index (χ0) is 16.2. The van der Waals surface area contributed by atoms with E-state index in [2.05, 4.69) is 16.4 Å². The van der Waals surface area contributed by atoms with Gasteiger partial charge in [-0.1, -0.05) is 24.3 Å². The van der Waals surface area contributed by atoms with Gasteiger partial charge in [0.05, 0.1) is 13.2 Å². The van der Waals surface area contributed by atoms with Crippen molar-refractivity contribution in [2.75, 3.05) is 7.11 Å². The third-order valence-electron chi connectivity index (χ3n) is 4.11. The maximum atomic E-state index is 12.4. The lowest BCUT2D eigenvalue weighted by Crippen LogP contribution is -2.29. The summed E-state index contributed by atoms with van der Waals surface area (Å²) in [6.07, 6.45) is 4.30. The fourth-order valence-corrected chi connectivity index (χ4v) is 2.78. The Morgan fingerprint density at radius 1 is 1.39 bits per heavy atom. The number of amides is 1. The van der Waals surface area contributed by atoms with Crippen LogP contribution in [0.2, 0.25) is 0 Å². The lowest BCUT2D eigenvalue weighted by atomic mass is 10.1. The number of para-hydroxylation sites is 1. The minimum absolute atomic E-state index is 0.0928. The van der Waals surface area contributed by atoms with Gasteiger partial charge in [0.1, 0.15) is 11.8 Å². The van der Waals surface area contributed by atoms with Gasteiger partial charge in [-0.05, 0) is 30.0 Å². The van der Waals surface area contributed by atoms with Gasteiger partial charge in [0.25, 0.3) is 0 Å². The number of methoxy groups -OCH3 is 1. The summed E-state index contributed by atoms with van der Waals surface area (Å²) in [5.74, 6) is 0.598. The molecule has 3 atom stereocenters. The van der Waals surface area contributed by atoms with Gasteiger partial charge in [-0.25, -0.2) is 0 Å². The Kier molecular flexibility index (Phi) is 4.24. The maximum absolute atomic E-state index is 12.4. The molecule has 0 saturated heterocycles. The number of aromatic nitrogens is 1. The van der Waals surface area contributed by atoms with Crippen LogP contribution in [0.4, 0.5) is 0 Å². The molecule has 0 unspecified atom stereocenters. The normalized spacial score (nSPS) is 20.2. The van der Waals surface area contributed by atoms with Crippen molar-refractivity contribution in [3.63, 3.8) is 0 Å². The molecule has 0 bridgehead atoms. The van der Waals surface area contributed by atoms with Crippen molar-refractivity contribution in [3.8, 4) is 11.8 Å². The van der Waals surface area contributed by atoms with Crippen LogP contribution in [0.3, 0.4) is 0 Å². The predicted octanol–water partition coefficient (Wildman–Crippen LogP) is 2.57. The van der Waals surface area contributed by atoms with Crippen molar-refractivity contribution in [2.24, 2.45) is 5.92 Å². The third-order valence-corrected chi connectivity index (χ3v) is 4.11. The molecule has 5 nitrogen and oxygen atoms in total. The molecule has 2 aromatic rings. The van der Waals surface area contributed by atoms with Gasteiger partial charge in [0.15, 0.2) is 0 Å². The van der Waals surface area contributed by atoms with Crippen molar-refractivity contribution < 1.29 is 9.53 Å². The van der Waals surface area contributed by atoms with E-state index in [0.29, 0.717) is 11.3 Å². The number of hydrogen-bond donors (Lipinski definition) is 1. The van der Waals surface area contributed by atoms with Crippen LogP contribution in [0.5, 0.6) is 5.75 Å². The fourth-order valence-electron chi connectivity index (χ4n) is 2.78. The minimum Gasteiger partial charge on any atom is -0.496 e. The zero-order valence-corrected chi connectivity index (χ0v) is 12.8. The van der Waals surface area contributed by atoms with Gasteiger partial charge >= 0.3 is 0 Å². The Morgan fingerprint density at radius 3 is 2.91 bits per heavy atom. The molecule has 1 aliphatic rings. The molecule has 1 aromatic carbocycles. The number of ether oxygens (including phenoxy) is 1. The number of carbonyl (C=O) groups excluding carboxylic acids is 1. The highest BCUT2D eigenvalue weighted by Crippen LogP contribution is 2.47. The molecule has 1 fully saturated rings. The second-order valence-corrected chi connectivity index (χ2v) is 5.55. The molecule has 1 heterocycles. The Balaban J connectivity index is 1.69. The van der Waals surface area contributed by atoms with E-state index in [9.17, 15) is 10.1 Å². The molecule has 1 aliphatic carbocycles. The third kappa shape index (κ3) is 3.16. The van der Waals surface area contributed by atoms with E-state index in [1.165, 1.54) is 0 Å². The number of nitrogens with zero attached hydrogens (tertiary/aromatic N) is 2. The van der Waals surface area contributed by atoms with E-state index in [-0.39, 0.29) is 17.7 Å². The van der Waals surface area contributed by atoms with Crippen LogP contribution in [0.25, 0.3) is 0 Å². The smallest absolute Gasteiger partial charge is 0.225 e. The Morgan fingerprint density at radius 2 is 2.22 bits per heavy atom. The number of nitrogens with one attached hydrogen (secondary N) is 1. The summed E-state index contributed by atoms with van der Waals surface area (Å²) >= 11 is 0. The van der Waals surface area contributed by atoms with Crippen molar-refractivity contribution in [1.29, 1.82) is 5.26 Å². The molecule has 23 heavy (non-hydrogen) atoms. The first-order chi connectivity index (χ1) is 11.2. The summed E-state index contributed by atoms with van der Waals surface area (Å²) < 4.78 is 5.27. The van der Waals surface area contributed by atoms with Gasteiger partial charge in [0.2, 0.25) is 5.91 Å². The highest BCUT2D eigenvalue weighted by atomic mass is 16.5. The SMILES string of the molecule is COc1ccccc1[C@H](C#N)NC(=O)[C@H]1C[C@H]1c1cccnc1. The molecule has 5 heteroatoms. The van der Waals surface area contributed by atoms with E-state index in [0.717, 1.165) is 12.0 Å². The van der Waals surface area contributed by atoms with Crippen LogP contribution in [-0.2, 0) is 4.79 Å². The molecular formula is C18H17N3O2. The number of hydrogen-bond acceptors (Lipinski definition) is 4. The molecule has 1 N–H and O–H groups in total. The topological polar surface area (TPSA) is 75.0 Å². The summed E-state index contributed by atoms with van der Waals surface area (Å²) in [5.41, 5.74) is 1.74. The van der Waals surface area contributed by atoms with E-state index in [1.54, 1.807) is 31.6 Å². The molecule has 1 amide bonds. The van der Waals surface area contributed by atoms with Gasteiger partial charge in [0, 0.05) is 23.9 Å². The number of carbonyl (C=O) groups is 1. The van der Waals surface area contributed by atoms with Crippen molar-refractivity contribution >= 4 is 5.91 Å². The first kappa shape index (κ1) is 15.0. The fraction of sp³-hybridized carbons (Fsp3) is 0.278. The standard InChI is InChI=1S/C18H17N3O2/c1-23-17-7-3-2-6-13(17)16(10-19)21-18(22)15-9-14(15)12-5-4-8-20-11-12/h2-8,11,14-16H,9H2,1H3,(H,21,22)/t14-,15-,16-/m0/s1. The van der Waals surface area contributed by atoms with E-state index in [4.69, 9.17) is 4.74 Å². The Hall–Kier alpha value is -2.87. The summed E-state index contributed by atoms with van der Waals surface area (Å²) in [4.78, 5) is 16.5. The van der Waals surface area contributed by atoms with E-state index in [1.807, 2.05) is 24.3 Å². The quantitative estimate of drug-likeness (QED) is 0.921. The number of nitriles is 1. The van der Waals surface area contributed by atoms with Crippen LogP contribution < -0.4 is 10.1 Å². The highest BCUT2D eigenvalue weighted by molar-refractivity contribution is 5.83. The minimum atomic E-state index is -0.714. The van der Waals surface area contributed by atoms with Crippen molar-refractivity contribution in [1.82, 2.24) is 10.3 Å². The molecule has 3 rings (SSSR count).